The number of carboxylic acid groups (broad SMARTS) is 1. The summed E-state index contributed by atoms with van der Waals surface area (Å²) in [5.74, 6) is -0.620. The molecule has 1 aromatic heterocycles. The van der Waals surface area contributed by atoms with Crippen LogP contribution in [0.15, 0.2) is 108 Å². The molecule has 0 spiro atoms. The summed E-state index contributed by atoms with van der Waals surface area (Å²) in [5.41, 5.74) is 1.63. The molecule has 0 fully saturated rings. The van der Waals surface area contributed by atoms with Crippen molar-refractivity contribution in [3.63, 3.8) is 0 Å². The van der Waals surface area contributed by atoms with Crippen molar-refractivity contribution < 1.29 is 27.8 Å². The van der Waals surface area contributed by atoms with Crippen LogP contribution in [0.2, 0.25) is 0 Å². The molecule has 5 aromatic rings. The molecule has 0 saturated carbocycles. The lowest BCUT2D eigenvalue weighted by molar-refractivity contribution is -0.137. The van der Waals surface area contributed by atoms with Crippen LogP contribution in [0.25, 0.3) is 10.6 Å². The molecule has 0 amide bonds. The summed E-state index contributed by atoms with van der Waals surface area (Å²) in [6.45, 7) is 0.526. The average Bonchev–Trinajstić information content (AvgIpc) is 3.35. The lowest BCUT2D eigenvalue weighted by Gasteiger charge is -2.10. The number of nitrogens with zero attached hydrogens (tertiary/aromatic N) is 3. The Hall–Kier alpha value is -4.70. The molecule has 5 rings (SSSR count). The van der Waals surface area contributed by atoms with Gasteiger partial charge in [0, 0.05) is 12.1 Å². The Morgan fingerprint density at radius 1 is 0.900 bits per heavy atom. The maximum Gasteiger partial charge on any atom is 0.416 e. The van der Waals surface area contributed by atoms with Crippen LogP contribution in [0.1, 0.15) is 21.5 Å². The first-order chi connectivity index (χ1) is 19.2. The van der Waals surface area contributed by atoms with E-state index in [1.165, 1.54) is 35.6 Å². The summed E-state index contributed by atoms with van der Waals surface area (Å²) in [5, 5.41) is 14.7. The molecule has 202 valence electrons. The van der Waals surface area contributed by atoms with Crippen LogP contribution in [0.4, 0.5) is 18.9 Å². The van der Waals surface area contributed by atoms with Crippen molar-refractivity contribution in [3.8, 4) is 22.1 Å². The maximum absolute atomic E-state index is 13.1. The van der Waals surface area contributed by atoms with E-state index in [0.717, 1.165) is 17.7 Å². The van der Waals surface area contributed by atoms with Crippen LogP contribution in [0.5, 0.6) is 11.5 Å². The van der Waals surface area contributed by atoms with Gasteiger partial charge in [0.05, 0.1) is 16.8 Å². The van der Waals surface area contributed by atoms with E-state index < -0.39 is 17.7 Å². The number of aryl methyl sites for hydroxylation is 2. The number of carbonyl (C=O) groups is 1. The third-order valence-corrected chi connectivity index (χ3v) is 6.87. The molecule has 40 heavy (non-hydrogen) atoms. The number of carboxylic acids is 1. The second-order valence-corrected chi connectivity index (χ2v) is 9.73. The minimum absolute atomic E-state index is 0.0676. The van der Waals surface area contributed by atoms with Crippen LogP contribution in [0, 0.1) is 0 Å². The van der Waals surface area contributed by atoms with Crippen molar-refractivity contribution in [2.75, 3.05) is 0 Å². The second kappa shape index (κ2) is 11.6. The second-order valence-electron chi connectivity index (χ2n) is 8.77. The normalized spacial score (nSPS) is 11.9. The van der Waals surface area contributed by atoms with E-state index in [1.807, 2.05) is 36.4 Å². The molecule has 1 heterocycles. The predicted molar refractivity (Wildman–Crippen MR) is 146 cm³/mol. The van der Waals surface area contributed by atoms with Gasteiger partial charge in [-0.2, -0.15) is 18.3 Å². The van der Waals surface area contributed by atoms with E-state index in [4.69, 9.17) is 9.84 Å². The molecule has 0 saturated heterocycles. The first-order valence-corrected chi connectivity index (χ1v) is 13.0. The Bertz CT molecular complexity index is 1710. The fraction of sp³-hybridized carbons (Fsp3) is 0.100. The SMILES string of the molecule is O=C(O)c1cccc(N=c2sc(-c3cccc(Oc4cccc(C(F)(F)F)c4)c3)nn2CCc2ccccc2)c1. The summed E-state index contributed by atoms with van der Waals surface area (Å²) < 4.78 is 46.9. The third kappa shape index (κ3) is 6.65. The highest BCUT2D eigenvalue weighted by atomic mass is 32.1. The fourth-order valence-corrected chi connectivity index (χ4v) is 4.86. The molecular formula is C30H22F3N3O3S. The standard InChI is InChI=1S/C30H22F3N3O3S/c31-30(32,33)23-11-6-14-26(19-23)39-25-13-5-9-21(18-25)27-35-36(16-15-20-7-2-1-3-8-20)29(40-27)34-24-12-4-10-22(17-24)28(37)38/h1-14,17-19H,15-16H2,(H,37,38). The van der Waals surface area contributed by atoms with Gasteiger partial charge in [-0.1, -0.05) is 65.9 Å². The van der Waals surface area contributed by atoms with Crippen LogP contribution in [-0.4, -0.2) is 20.9 Å². The number of ether oxygens (including phenoxy) is 1. The first kappa shape index (κ1) is 26.9. The molecule has 0 bridgehead atoms. The minimum atomic E-state index is -4.47. The van der Waals surface area contributed by atoms with Crippen LogP contribution >= 0.6 is 11.3 Å². The summed E-state index contributed by atoms with van der Waals surface area (Å²) >= 11 is 1.31. The quantitative estimate of drug-likeness (QED) is 0.212. The molecule has 0 radical (unpaired) electrons. The van der Waals surface area contributed by atoms with Crippen molar-refractivity contribution in [1.29, 1.82) is 0 Å². The van der Waals surface area contributed by atoms with E-state index in [2.05, 4.69) is 4.99 Å². The number of hydrogen-bond acceptors (Lipinski definition) is 5. The third-order valence-electron chi connectivity index (χ3n) is 5.87. The van der Waals surface area contributed by atoms with Crippen molar-refractivity contribution in [2.24, 2.45) is 4.99 Å². The van der Waals surface area contributed by atoms with Gasteiger partial charge in [0.1, 0.15) is 16.5 Å². The van der Waals surface area contributed by atoms with Crippen LogP contribution in [-0.2, 0) is 19.1 Å². The monoisotopic (exact) mass is 561 g/mol. The van der Waals surface area contributed by atoms with Gasteiger partial charge in [0.25, 0.3) is 0 Å². The molecule has 0 aliphatic carbocycles. The predicted octanol–water partition coefficient (Wildman–Crippen LogP) is 7.60. The van der Waals surface area contributed by atoms with Crippen molar-refractivity contribution in [2.45, 2.75) is 19.1 Å². The molecule has 10 heteroatoms. The van der Waals surface area contributed by atoms with E-state index in [1.54, 1.807) is 35.0 Å². The van der Waals surface area contributed by atoms with Crippen molar-refractivity contribution >= 4 is 23.0 Å². The average molecular weight is 562 g/mol. The van der Waals surface area contributed by atoms with Crippen molar-refractivity contribution in [1.82, 2.24) is 9.78 Å². The van der Waals surface area contributed by atoms with Gasteiger partial charge in [-0.25, -0.2) is 14.5 Å². The number of benzene rings is 4. The summed E-state index contributed by atoms with van der Waals surface area (Å²) in [6.07, 6.45) is -3.77. The summed E-state index contributed by atoms with van der Waals surface area (Å²) in [7, 11) is 0. The highest BCUT2D eigenvalue weighted by Gasteiger charge is 2.30. The molecule has 0 aliphatic heterocycles. The number of alkyl halides is 3. The first-order valence-electron chi connectivity index (χ1n) is 12.2. The Labute approximate surface area is 231 Å². The molecule has 0 unspecified atom stereocenters. The van der Waals surface area contributed by atoms with Gasteiger partial charge < -0.3 is 9.84 Å². The Morgan fingerprint density at radius 3 is 2.38 bits per heavy atom. The Morgan fingerprint density at radius 2 is 1.62 bits per heavy atom. The van der Waals surface area contributed by atoms with E-state index in [-0.39, 0.29) is 11.3 Å². The fourth-order valence-electron chi connectivity index (χ4n) is 3.92. The largest absolute Gasteiger partial charge is 0.478 e. The maximum atomic E-state index is 13.1. The number of aromatic carboxylic acids is 1. The molecule has 0 aliphatic rings. The van der Waals surface area contributed by atoms with Gasteiger partial charge in [-0.15, -0.1) is 0 Å². The van der Waals surface area contributed by atoms with Gasteiger partial charge in [-0.3, -0.25) is 0 Å². The van der Waals surface area contributed by atoms with Gasteiger partial charge in [-0.05, 0) is 60.5 Å². The van der Waals surface area contributed by atoms with Gasteiger partial charge in [0.15, 0.2) is 0 Å². The van der Waals surface area contributed by atoms with E-state index >= 15 is 0 Å². The minimum Gasteiger partial charge on any atom is -0.478 e. The molecule has 0 atom stereocenters. The van der Waals surface area contributed by atoms with E-state index in [9.17, 15) is 23.1 Å². The zero-order valence-corrected chi connectivity index (χ0v) is 21.7. The Kier molecular flexibility index (Phi) is 7.79. The van der Waals surface area contributed by atoms with Crippen LogP contribution in [0.3, 0.4) is 0 Å². The smallest absolute Gasteiger partial charge is 0.416 e. The lowest BCUT2D eigenvalue weighted by atomic mass is 10.1. The zero-order chi connectivity index (χ0) is 28.1. The molecule has 1 N–H and O–H groups in total. The summed E-state index contributed by atoms with van der Waals surface area (Å²) in [4.78, 5) is 16.7. The van der Waals surface area contributed by atoms with Gasteiger partial charge >= 0.3 is 12.1 Å². The number of halogens is 3. The molecular weight excluding hydrogens is 539 g/mol. The number of aromatic nitrogens is 2. The highest BCUT2D eigenvalue weighted by Crippen LogP contribution is 2.33. The number of hydrogen-bond donors (Lipinski definition) is 1. The van der Waals surface area contributed by atoms with Crippen molar-refractivity contribution in [3.05, 3.63) is 125 Å². The van der Waals surface area contributed by atoms with Gasteiger partial charge in [0.2, 0.25) is 4.80 Å². The Balaban J connectivity index is 1.48. The molecule has 6 nitrogen and oxygen atoms in total. The van der Waals surface area contributed by atoms with E-state index in [0.29, 0.717) is 39.8 Å². The summed E-state index contributed by atoms with van der Waals surface area (Å²) in [6, 6.07) is 27.9. The molecule has 4 aromatic carbocycles. The zero-order valence-electron chi connectivity index (χ0n) is 20.9. The topological polar surface area (TPSA) is 76.7 Å². The highest BCUT2D eigenvalue weighted by molar-refractivity contribution is 7.12. The number of rotatable bonds is 8. The van der Waals surface area contributed by atoms with Crippen LogP contribution < -0.4 is 9.54 Å². The lowest BCUT2D eigenvalue weighted by Crippen LogP contribution is -2.17.